The van der Waals surface area contributed by atoms with Crippen LogP contribution >= 0.6 is 0 Å². The van der Waals surface area contributed by atoms with Gasteiger partial charge in [0.2, 0.25) is 5.91 Å². The molecule has 2 aliphatic rings. The van der Waals surface area contributed by atoms with Crippen LogP contribution in [0.1, 0.15) is 19.8 Å². The van der Waals surface area contributed by atoms with Crippen LogP contribution in [-0.2, 0) is 19.7 Å². The Morgan fingerprint density at radius 2 is 2.00 bits per heavy atom. The average Bonchev–Trinajstić information content (AvgIpc) is 2.67. The van der Waals surface area contributed by atoms with E-state index in [0.717, 1.165) is 0 Å². The van der Waals surface area contributed by atoms with Gasteiger partial charge in [-0.1, -0.05) is 6.92 Å². The fourth-order valence-corrected chi connectivity index (χ4v) is 3.99. The lowest BCUT2D eigenvalue weighted by Gasteiger charge is -2.35. The minimum absolute atomic E-state index is 0.0615. The number of fused-ring (bicyclic) bond motifs is 1. The maximum atomic E-state index is 11.8. The molecule has 0 spiro atoms. The van der Waals surface area contributed by atoms with Crippen LogP contribution in [0, 0.1) is 17.8 Å². The highest BCUT2D eigenvalue weighted by molar-refractivity contribution is 7.86. The highest BCUT2D eigenvalue weighted by atomic mass is 32.2. The van der Waals surface area contributed by atoms with E-state index in [1.165, 1.54) is 0 Å². The zero-order valence-corrected chi connectivity index (χ0v) is 10.6. The summed E-state index contributed by atoms with van der Waals surface area (Å²) in [5.74, 6) is -2.74. The Labute approximate surface area is 104 Å². The van der Waals surface area contributed by atoms with Gasteiger partial charge in [-0.05, 0) is 24.7 Å². The van der Waals surface area contributed by atoms with Crippen molar-refractivity contribution in [2.45, 2.75) is 31.1 Å². The third kappa shape index (κ3) is 2.10. The van der Waals surface area contributed by atoms with Crippen LogP contribution in [0.3, 0.4) is 0 Å². The molecule has 0 aromatic rings. The van der Waals surface area contributed by atoms with E-state index >= 15 is 0 Å². The number of carbonyl (C=O) groups excluding carboxylic acids is 1. The van der Waals surface area contributed by atoms with E-state index in [4.69, 9.17) is 9.66 Å². The number of carboxylic acid groups (broad SMARTS) is 1. The number of carbonyl (C=O) groups is 2. The first-order valence-corrected chi connectivity index (χ1v) is 7.21. The molecule has 1 amide bonds. The number of carboxylic acids is 1. The second-order valence-corrected chi connectivity index (χ2v) is 6.76. The van der Waals surface area contributed by atoms with E-state index < -0.39 is 39.2 Å². The molecule has 8 heteroatoms. The summed E-state index contributed by atoms with van der Waals surface area (Å²) in [4.78, 5) is 22.8. The molecule has 18 heavy (non-hydrogen) atoms. The molecule has 1 aliphatic heterocycles. The smallest absolute Gasteiger partial charge is 0.326 e. The highest BCUT2D eigenvalue weighted by Gasteiger charge is 2.51. The van der Waals surface area contributed by atoms with E-state index in [9.17, 15) is 18.0 Å². The molecule has 3 N–H and O–H groups in total. The van der Waals surface area contributed by atoms with Gasteiger partial charge in [0.25, 0.3) is 10.1 Å². The molecule has 102 valence electrons. The van der Waals surface area contributed by atoms with Crippen molar-refractivity contribution in [2.75, 3.05) is 0 Å². The van der Waals surface area contributed by atoms with Crippen LogP contribution in [0.25, 0.3) is 0 Å². The summed E-state index contributed by atoms with van der Waals surface area (Å²) in [5, 5.41) is 10.4. The molecule has 4 unspecified atom stereocenters. The van der Waals surface area contributed by atoms with E-state index in [1.807, 2.05) is 0 Å². The number of amides is 1. The van der Waals surface area contributed by atoms with Crippen LogP contribution in [0.5, 0.6) is 0 Å². The molecule has 5 atom stereocenters. The van der Waals surface area contributed by atoms with Crippen molar-refractivity contribution in [3.05, 3.63) is 0 Å². The van der Waals surface area contributed by atoms with Crippen LogP contribution in [-0.4, -0.2) is 41.2 Å². The highest BCUT2D eigenvalue weighted by Crippen LogP contribution is 2.43. The number of aliphatic carboxylic acids is 1. The van der Waals surface area contributed by atoms with Gasteiger partial charge >= 0.3 is 5.97 Å². The largest absolute Gasteiger partial charge is 0.480 e. The summed E-state index contributed by atoms with van der Waals surface area (Å²) in [6.45, 7) is 1.68. The number of piperidine rings is 1. The number of nitrogens with one attached hydrogen (secondary N) is 1. The van der Waals surface area contributed by atoms with E-state index in [0.29, 0.717) is 0 Å². The minimum Gasteiger partial charge on any atom is -0.480 e. The van der Waals surface area contributed by atoms with E-state index in [2.05, 4.69) is 5.32 Å². The molecular weight excluding hydrogens is 262 g/mol. The van der Waals surface area contributed by atoms with E-state index in [-0.39, 0.29) is 24.7 Å². The van der Waals surface area contributed by atoms with Gasteiger partial charge in [-0.2, -0.15) is 8.42 Å². The van der Waals surface area contributed by atoms with Crippen LogP contribution in [0.2, 0.25) is 0 Å². The normalized spacial score (nSPS) is 40.1. The summed E-state index contributed by atoms with van der Waals surface area (Å²) in [6.07, 6.45) is 0.202. The summed E-state index contributed by atoms with van der Waals surface area (Å²) >= 11 is 0. The first kappa shape index (κ1) is 13.3. The Hall–Kier alpha value is -1.15. The van der Waals surface area contributed by atoms with Gasteiger partial charge in [0.05, 0.1) is 5.25 Å². The predicted molar refractivity (Wildman–Crippen MR) is 60.3 cm³/mol. The third-order valence-electron chi connectivity index (χ3n) is 4.09. The summed E-state index contributed by atoms with van der Waals surface area (Å²) in [6, 6.07) is -0.987. The quantitative estimate of drug-likeness (QED) is 0.584. The molecule has 1 saturated carbocycles. The Bertz CT molecular complexity index is 487. The van der Waals surface area contributed by atoms with Gasteiger partial charge in [-0.3, -0.25) is 9.35 Å². The Morgan fingerprint density at radius 1 is 1.39 bits per heavy atom. The minimum atomic E-state index is -4.17. The molecule has 2 rings (SSSR count). The average molecular weight is 277 g/mol. The lowest BCUT2D eigenvalue weighted by Crippen LogP contribution is -2.55. The number of rotatable bonds is 2. The first-order valence-electron chi connectivity index (χ1n) is 5.71. The molecule has 0 bridgehead atoms. The predicted octanol–water partition coefficient (Wildman–Crippen LogP) is -0.512. The molecule has 7 nitrogen and oxygen atoms in total. The van der Waals surface area contributed by atoms with Crippen molar-refractivity contribution < 1.29 is 27.7 Å². The fourth-order valence-electron chi connectivity index (χ4n) is 3.07. The van der Waals surface area contributed by atoms with Crippen LogP contribution in [0.15, 0.2) is 0 Å². The molecule has 0 radical (unpaired) electrons. The second kappa shape index (κ2) is 4.20. The van der Waals surface area contributed by atoms with Crippen molar-refractivity contribution >= 4 is 22.0 Å². The number of hydrogen-bond acceptors (Lipinski definition) is 4. The van der Waals surface area contributed by atoms with Crippen molar-refractivity contribution in [1.29, 1.82) is 0 Å². The molecule has 0 aromatic heterocycles. The molecule has 1 heterocycles. The standard InChI is InChI=1S/C10H15NO6S/c1-4-6-2-5(18(15,16)17)3-7(6)9(12)11-8(4)10(13)14/h4-8H,2-3H2,1H3,(H,11,12)(H,13,14)(H,15,16,17)/t4-,5?,6?,7?,8?/m1/s1. The molecule has 1 saturated heterocycles. The van der Waals surface area contributed by atoms with Gasteiger partial charge in [-0.25, -0.2) is 4.79 Å². The van der Waals surface area contributed by atoms with Gasteiger partial charge in [0.1, 0.15) is 6.04 Å². The molecular formula is C10H15NO6S. The Morgan fingerprint density at radius 3 is 2.50 bits per heavy atom. The summed E-state index contributed by atoms with van der Waals surface area (Å²) in [7, 11) is -4.17. The Balaban J connectivity index is 2.25. The maximum absolute atomic E-state index is 11.8. The molecule has 0 aromatic carbocycles. The zero-order valence-electron chi connectivity index (χ0n) is 9.74. The number of hydrogen-bond donors (Lipinski definition) is 3. The van der Waals surface area contributed by atoms with Crippen molar-refractivity contribution in [2.24, 2.45) is 17.8 Å². The topological polar surface area (TPSA) is 121 Å². The first-order chi connectivity index (χ1) is 8.21. The van der Waals surface area contributed by atoms with E-state index in [1.54, 1.807) is 6.92 Å². The monoisotopic (exact) mass is 277 g/mol. The second-order valence-electron chi connectivity index (χ2n) is 5.06. The fraction of sp³-hybridized carbons (Fsp3) is 0.800. The van der Waals surface area contributed by atoms with Gasteiger partial charge < -0.3 is 10.4 Å². The summed E-state index contributed by atoms with van der Waals surface area (Å²) < 4.78 is 31.3. The zero-order chi connectivity index (χ0) is 13.7. The van der Waals surface area contributed by atoms with Gasteiger partial charge in [0, 0.05) is 5.92 Å². The molecule has 1 aliphatic carbocycles. The maximum Gasteiger partial charge on any atom is 0.326 e. The van der Waals surface area contributed by atoms with Crippen LogP contribution in [0.4, 0.5) is 0 Å². The Kier molecular flexibility index (Phi) is 3.10. The van der Waals surface area contributed by atoms with Gasteiger partial charge in [-0.15, -0.1) is 0 Å². The van der Waals surface area contributed by atoms with Crippen molar-refractivity contribution in [3.8, 4) is 0 Å². The van der Waals surface area contributed by atoms with Crippen molar-refractivity contribution in [1.82, 2.24) is 5.32 Å². The van der Waals surface area contributed by atoms with Crippen LogP contribution < -0.4 is 5.32 Å². The lowest BCUT2D eigenvalue weighted by molar-refractivity contribution is -0.148. The lowest BCUT2D eigenvalue weighted by atomic mass is 9.77. The summed E-state index contributed by atoms with van der Waals surface area (Å²) in [5.41, 5.74) is 0. The third-order valence-corrected chi connectivity index (χ3v) is 5.32. The van der Waals surface area contributed by atoms with Crippen molar-refractivity contribution in [3.63, 3.8) is 0 Å². The molecule has 2 fully saturated rings. The van der Waals surface area contributed by atoms with Gasteiger partial charge in [0.15, 0.2) is 0 Å². The SMILES string of the molecule is C[C@H]1C(C(=O)O)NC(=O)C2CC(S(=O)(=O)O)CC21.